The number of allylic oxidation sites excluding steroid dienone is 1. The van der Waals surface area contributed by atoms with E-state index in [-0.39, 0.29) is 23.7 Å². The first-order valence-corrected chi connectivity index (χ1v) is 12.0. The second-order valence-electron chi connectivity index (χ2n) is 8.12. The van der Waals surface area contributed by atoms with Crippen molar-refractivity contribution in [3.63, 3.8) is 0 Å². The van der Waals surface area contributed by atoms with Crippen molar-refractivity contribution in [2.45, 2.75) is 27.4 Å². The predicted octanol–water partition coefficient (Wildman–Crippen LogP) is 5.93. The van der Waals surface area contributed by atoms with E-state index in [1.165, 1.54) is 4.90 Å². The van der Waals surface area contributed by atoms with Crippen molar-refractivity contribution in [2.75, 3.05) is 18.1 Å². The van der Waals surface area contributed by atoms with Crippen molar-refractivity contribution >= 4 is 23.6 Å². The number of benzene rings is 3. The first-order valence-electron chi connectivity index (χ1n) is 12.0. The molecule has 0 saturated carbocycles. The Kier molecular flexibility index (Phi) is 7.85. The summed E-state index contributed by atoms with van der Waals surface area (Å²) in [6.45, 7) is 6.54. The molecule has 0 fully saturated rings. The number of anilines is 1. The molecule has 0 atom stereocenters. The second-order valence-corrected chi connectivity index (χ2v) is 8.12. The molecule has 0 radical (unpaired) electrons. The molecule has 1 heterocycles. The van der Waals surface area contributed by atoms with Gasteiger partial charge in [0.05, 0.1) is 24.4 Å². The summed E-state index contributed by atoms with van der Waals surface area (Å²) in [4.78, 5) is 28.2. The molecule has 0 saturated heterocycles. The lowest BCUT2D eigenvalue weighted by molar-refractivity contribution is -0.138. The maximum Gasteiger partial charge on any atom is 0.340 e. The molecule has 1 aliphatic heterocycles. The Morgan fingerprint density at radius 2 is 1.56 bits per heavy atom. The topological polar surface area (TPSA) is 65.1 Å². The summed E-state index contributed by atoms with van der Waals surface area (Å²) in [6.07, 6.45) is 1.70. The van der Waals surface area contributed by atoms with Crippen LogP contribution in [0.3, 0.4) is 0 Å². The van der Waals surface area contributed by atoms with Crippen LogP contribution >= 0.6 is 0 Å². The quantitative estimate of drug-likeness (QED) is 0.279. The zero-order valence-corrected chi connectivity index (χ0v) is 20.7. The molecule has 0 unspecified atom stereocenters. The summed E-state index contributed by atoms with van der Waals surface area (Å²) >= 11 is 0. The lowest BCUT2D eigenvalue weighted by atomic mass is 10.0. The fourth-order valence-corrected chi connectivity index (χ4v) is 4.07. The van der Waals surface area contributed by atoms with Gasteiger partial charge in [-0.05, 0) is 62.7 Å². The maximum atomic E-state index is 13.7. The summed E-state index contributed by atoms with van der Waals surface area (Å²) in [6, 6.07) is 24.5. The van der Waals surface area contributed by atoms with Crippen molar-refractivity contribution < 1.29 is 23.8 Å². The van der Waals surface area contributed by atoms with Crippen molar-refractivity contribution in [3.8, 4) is 11.5 Å². The Morgan fingerprint density at radius 1 is 0.861 bits per heavy atom. The molecule has 1 aliphatic rings. The highest BCUT2D eigenvalue weighted by molar-refractivity contribution is 6.24. The number of esters is 1. The van der Waals surface area contributed by atoms with Gasteiger partial charge in [-0.1, -0.05) is 48.5 Å². The summed E-state index contributed by atoms with van der Waals surface area (Å²) < 4.78 is 16.9. The summed E-state index contributed by atoms with van der Waals surface area (Å²) in [5, 5.41) is 0. The molecule has 6 nitrogen and oxygen atoms in total. The molecule has 0 spiro atoms. The highest BCUT2D eigenvalue weighted by Crippen LogP contribution is 2.37. The van der Waals surface area contributed by atoms with Gasteiger partial charge in [0.1, 0.15) is 18.1 Å². The first-order chi connectivity index (χ1) is 17.5. The minimum Gasteiger partial charge on any atom is -0.494 e. The molecule has 0 aliphatic carbocycles. The van der Waals surface area contributed by atoms with E-state index in [4.69, 9.17) is 14.2 Å². The Bertz CT molecular complexity index is 1290. The number of ether oxygens (including phenoxy) is 3. The largest absolute Gasteiger partial charge is 0.494 e. The summed E-state index contributed by atoms with van der Waals surface area (Å²) in [5.41, 5.74) is 3.38. The van der Waals surface area contributed by atoms with Gasteiger partial charge in [-0.25, -0.2) is 4.79 Å². The second kappa shape index (κ2) is 11.4. The van der Waals surface area contributed by atoms with Crippen LogP contribution in [0.25, 0.3) is 6.08 Å². The van der Waals surface area contributed by atoms with E-state index < -0.39 is 5.97 Å². The number of nitrogens with zero attached hydrogens (tertiary/aromatic N) is 1. The van der Waals surface area contributed by atoms with Gasteiger partial charge in [-0.3, -0.25) is 9.69 Å². The van der Waals surface area contributed by atoms with Gasteiger partial charge >= 0.3 is 5.97 Å². The van der Waals surface area contributed by atoms with Gasteiger partial charge < -0.3 is 14.2 Å². The lowest BCUT2D eigenvalue weighted by Gasteiger charge is -2.18. The van der Waals surface area contributed by atoms with Crippen molar-refractivity contribution in [2.24, 2.45) is 0 Å². The van der Waals surface area contributed by atoms with Crippen LogP contribution in [0.1, 0.15) is 31.9 Å². The first kappa shape index (κ1) is 24.8. The Balaban J connectivity index is 1.71. The number of hydrogen-bond donors (Lipinski definition) is 0. The van der Waals surface area contributed by atoms with Gasteiger partial charge in [0.2, 0.25) is 0 Å². The third-order valence-electron chi connectivity index (χ3n) is 5.74. The number of amides is 1. The molecule has 1 amide bonds. The molecule has 0 N–H and O–H groups in total. The molecule has 0 aromatic heterocycles. The molecular formula is C30H29NO5. The Morgan fingerprint density at radius 3 is 2.25 bits per heavy atom. The minimum absolute atomic E-state index is 0.205. The van der Waals surface area contributed by atoms with E-state index in [9.17, 15) is 9.59 Å². The van der Waals surface area contributed by atoms with Crippen molar-refractivity contribution in [3.05, 3.63) is 107 Å². The number of para-hydroxylation sites is 1. The SMILES string of the molecule is CCOC(=O)C1=C(C)N(c2ccc(OCC)cc2)C(=O)/C1=C\c1ccccc1OCc1ccccc1. The average Bonchev–Trinajstić information content (AvgIpc) is 3.14. The molecule has 36 heavy (non-hydrogen) atoms. The maximum absolute atomic E-state index is 13.7. The normalized spacial score (nSPS) is 14.4. The van der Waals surface area contributed by atoms with Crippen LogP contribution in [0.5, 0.6) is 11.5 Å². The summed E-state index contributed by atoms with van der Waals surface area (Å²) in [7, 11) is 0. The zero-order valence-electron chi connectivity index (χ0n) is 20.7. The van der Waals surface area contributed by atoms with Crippen LogP contribution in [-0.4, -0.2) is 25.1 Å². The number of carbonyl (C=O) groups is 2. The Labute approximate surface area is 211 Å². The van der Waals surface area contributed by atoms with E-state index in [2.05, 4.69) is 0 Å². The standard InChI is InChI=1S/C30H29NO5/c1-4-34-25-17-15-24(16-18-25)31-21(3)28(30(33)35-5-2)26(29(31)32)19-23-13-9-10-14-27(23)36-20-22-11-7-6-8-12-22/h6-19H,4-5,20H2,1-3H3/b26-19-. The fraction of sp³-hybridized carbons (Fsp3) is 0.200. The van der Waals surface area contributed by atoms with Gasteiger partial charge in [0, 0.05) is 16.9 Å². The smallest absolute Gasteiger partial charge is 0.340 e. The van der Waals surface area contributed by atoms with Crippen LogP contribution in [-0.2, 0) is 20.9 Å². The minimum atomic E-state index is -0.536. The van der Waals surface area contributed by atoms with Gasteiger partial charge in [-0.15, -0.1) is 0 Å². The molecule has 6 heteroatoms. The molecular weight excluding hydrogens is 454 g/mol. The highest BCUT2D eigenvalue weighted by Gasteiger charge is 2.38. The predicted molar refractivity (Wildman–Crippen MR) is 140 cm³/mol. The van der Waals surface area contributed by atoms with E-state index in [0.717, 1.165) is 5.56 Å². The van der Waals surface area contributed by atoms with Gasteiger partial charge in [0.15, 0.2) is 0 Å². The van der Waals surface area contributed by atoms with Crippen molar-refractivity contribution in [1.82, 2.24) is 0 Å². The number of hydrogen-bond acceptors (Lipinski definition) is 5. The molecule has 3 aromatic carbocycles. The average molecular weight is 484 g/mol. The van der Waals surface area contributed by atoms with Gasteiger partial charge in [0.25, 0.3) is 5.91 Å². The van der Waals surface area contributed by atoms with E-state index in [0.29, 0.717) is 41.7 Å². The van der Waals surface area contributed by atoms with Crippen molar-refractivity contribution in [1.29, 1.82) is 0 Å². The fourth-order valence-electron chi connectivity index (χ4n) is 4.07. The van der Waals surface area contributed by atoms with E-state index in [1.807, 2.05) is 61.5 Å². The van der Waals surface area contributed by atoms with Crippen LogP contribution in [0, 0.1) is 0 Å². The zero-order chi connectivity index (χ0) is 25.5. The van der Waals surface area contributed by atoms with E-state index >= 15 is 0 Å². The third-order valence-corrected chi connectivity index (χ3v) is 5.74. The molecule has 0 bridgehead atoms. The summed E-state index contributed by atoms with van der Waals surface area (Å²) in [5.74, 6) is 0.478. The van der Waals surface area contributed by atoms with Crippen LogP contribution < -0.4 is 14.4 Å². The molecule has 3 aromatic rings. The number of rotatable bonds is 9. The Hall–Kier alpha value is -4.32. The number of carbonyl (C=O) groups excluding carboxylic acids is 2. The highest BCUT2D eigenvalue weighted by atomic mass is 16.5. The van der Waals surface area contributed by atoms with Gasteiger partial charge in [-0.2, -0.15) is 0 Å². The molecule has 4 rings (SSSR count). The molecule has 184 valence electrons. The third kappa shape index (κ3) is 5.33. The van der Waals surface area contributed by atoms with Crippen LogP contribution in [0.2, 0.25) is 0 Å². The van der Waals surface area contributed by atoms with Crippen LogP contribution in [0.4, 0.5) is 5.69 Å². The lowest BCUT2D eigenvalue weighted by Crippen LogP contribution is -2.24. The van der Waals surface area contributed by atoms with Crippen LogP contribution in [0.15, 0.2) is 95.7 Å². The monoisotopic (exact) mass is 483 g/mol. The van der Waals surface area contributed by atoms with E-state index in [1.54, 1.807) is 44.2 Å².